The molecule has 0 aliphatic carbocycles. The lowest BCUT2D eigenvalue weighted by Crippen LogP contribution is -2.59. The van der Waals surface area contributed by atoms with Crippen molar-refractivity contribution < 1.29 is 32.9 Å². The number of nitrogens with one attached hydrogen (secondary N) is 3. The summed E-state index contributed by atoms with van der Waals surface area (Å²) in [5.41, 5.74) is -0.605. The number of alkyl carbamates (subject to hydrolysis) is 1. The van der Waals surface area contributed by atoms with Crippen LogP contribution in [-0.4, -0.2) is 90.9 Å². The molecule has 2 unspecified atom stereocenters. The van der Waals surface area contributed by atoms with Gasteiger partial charge in [-0.3, -0.25) is 18.6 Å². The Morgan fingerprint density at radius 3 is 2.19 bits per heavy atom. The Morgan fingerprint density at radius 1 is 0.938 bits per heavy atom. The number of hydrogen-bond acceptors (Lipinski definition) is 8. The zero-order valence-electron chi connectivity index (χ0n) is 27.9. The van der Waals surface area contributed by atoms with Gasteiger partial charge >= 0.3 is 6.09 Å². The van der Waals surface area contributed by atoms with E-state index in [1.807, 2.05) is 60.7 Å². The van der Waals surface area contributed by atoms with E-state index in [1.165, 1.54) is 20.2 Å². The van der Waals surface area contributed by atoms with E-state index in [0.717, 1.165) is 11.1 Å². The van der Waals surface area contributed by atoms with Crippen molar-refractivity contribution in [2.45, 2.75) is 64.4 Å². The van der Waals surface area contributed by atoms with Gasteiger partial charge in [-0.15, -0.1) is 0 Å². The summed E-state index contributed by atoms with van der Waals surface area (Å²) < 4.78 is 24.7. The first-order valence-electron chi connectivity index (χ1n) is 15.7. The summed E-state index contributed by atoms with van der Waals surface area (Å²) in [6, 6.07) is 16.6. The van der Waals surface area contributed by atoms with Crippen LogP contribution in [0.5, 0.6) is 0 Å². The Balaban J connectivity index is 1.50. The summed E-state index contributed by atoms with van der Waals surface area (Å²) in [7, 11) is -0.946. The molecule has 1 aliphatic rings. The van der Waals surface area contributed by atoms with Gasteiger partial charge < -0.3 is 34.9 Å². The zero-order chi connectivity index (χ0) is 34.9. The number of aromatic nitrogens is 2. The van der Waals surface area contributed by atoms with Gasteiger partial charge in [-0.25, -0.2) is 9.78 Å². The van der Waals surface area contributed by atoms with E-state index in [2.05, 4.69) is 20.9 Å². The van der Waals surface area contributed by atoms with Crippen LogP contribution in [0.25, 0.3) is 0 Å². The first kappa shape index (κ1) is 36.3. The van der Waals surface area contributed by atoms with Crippen LogP contribution in [0.3, 0.4) is 0 Å². The summed E-state index contributed by atoms with van der Waals surface area (Å²) in [6.07, 6.45) is 2.23. The fourth-order valence-corrected chi connectivity index (χ4v) is 5.92. The molecule has 0 saturated carbocycles. The van der Waals surface area contributed by atoms with Crippen LogP contribution in [0.15, 0.2) is 73.2 Å². The summed E-state index contributed by atoms with van der Waals surface area (Å²) in [5, 5.41) is 7.96. The molecule has 2 heterocycles. The van der Waals surface area contributed by atoms with Crippen molar-refractivity contribution in [2.24, 2.45) is 0 Å². The summed E-state index contributed by atoms with van der Waals surface area (Å²) >= 11 is 0. The molecule has 0 spiro atoms. The number of carbonyl (C=O) groups excluding carboxylic acids is 4. The van der Waals surface area contributed by atoms with Crippen LogP contribution in [0, 0.1) is 0 Å². The molecule has 1 saturated heterocycles. The van der Waals surface area contributed by atoms with Crippen LogP contribution >= 0.6 is 0 Å². The van der Waals surface area contributed by atoms with Crippen molar-refractivity contribution in [1.82, 2.24) is 25.1 Å². The third kappa shape index (κ3) is 10.5. The average molecular weight is 681 g/mol. The second-order valence-corrected chi connectivity index (χ2v) is 14.7. The highest BCUT2D eigenvalue weighted by molar-refractivity contribution is 7.85. The van der Waals surface area contributed by atoms with Crippen LogP contribution in [-0.2, 0) is 41.3 Å². The SMILES string of the molecule is CC(C)(C)OC(=O)NC(C)(C)C(=O)NC(COCc1ccccc1)C(=O)Nc1cn(C(C(=O)N2CCS(=O)CC2)c2ccccc2)cn1. The van der Waals surface area contributed by atoms with Gasteiger partial charge in [0.2, 0.25) is 11.8 Å². The number of nitrogens with zero attached hydrogens (tertiary/aromatic N) is 3. The molecular formula is C34H44N6O7S. The highest BCUT2D eigenvalue weighted by atomic mass is 32.2. The molecule has 14 heteroatoms. The second-order valence-electron chi connectivity index (χ2n) is 13.0. The number of hydrogen-bond donors (Lipinski definition) is 3. The molecule has 13 nitrogen and oxygen atoms in total. The monoisotopic (exact) mass is 680 g/mol. The minimum absolute atomic E-state index is 0.155. The highest BCUT2D eigenvalue weighted by Gasteiger charge is 2.35. The molecule has 1 fully saturated rings. The highest BCUT2D eigenvalue weighted by Crippen LogP contribution is 2.23. The molecule has 0 bridgehead atoms. The summed E-state index contributed by atoms with van der Waals surface area (Å²) in [5.74, 6) is -0.436. The molecular weight excluding hydrogens is 636 g/mol. The lowest BCUT2D eigenvalue weighted by Gasteiger charge is -2.30. The van der Waals surface area contributed by atoms with Crippen LogP contribution < -0.4 is 16.0 Å². The van der Waals surface area contributed by atoms with E-state index in [1.54, 1.807) is 36.4 Å². The number of anilines is 1. The fraction of sp³-hybridized carbons (Fsp3) is 0.441. The third-order valence-corrected chi connectivity index (χ3v) is 8.66. The van der Waals surface area contributed by atoms with Crippen LogP contribution in [0.4, 0.5) is 10.6 Å². The normalized spacial score (nSPS) is 15.2. The van der Waals surface area contributed by atoms with Crippen molar-refractivity contribution >= 4 is 40.4 Å². The van der Waals surface area contributed by atoms with Gasteiger partial charge in [-0.1, -0.05) is 60.7 Å². The maximum Gasteiger partial charge on any atom is 0.408 e. The van der Waals surface area contributed by atoms with Crippen molar-refractivity contribution in [2.75, 3.05) is 36.5 Å². The Labute approximate surface area is 283 Å². The standard InChI is InChI=1S/C34H44N6O7S/c1-33(2,3)47-32(44)38-34(4,5)31(43)36-26(22-46-21-24-12-8-6-9-13-24)29(41)37-27-20-40(23-35-27)28(25-14-10-7-11-15-25)30(42)39-16-18-48(45)19-17-39/h6-15,20,23,26,28H,16-19,21-22H2,1-5H3,(H,36,43)(H,37,41)(H,38,44). The Bertz CT molecular complexity index is 1580. The van der Waals surface area contributed by atoms with E-state index < -0.39 is 51.9 Å². The molecule has 258 valence electrons. The molecule has 4 rings (SSSR count). The first-order chi connectivity index (χ1) is 22.7. The minimum Gasteiger partial charge on any atom is -0.444 e. The van der Waals surface area contributed by atoms with Gasteiger partial charge in [0.15, 0.2) is 5.82 Å². The Morgan fingerprint density at radius 2 is 1.56 bits per heavy atom. The first-order valence-corrected chi connectivity index (χ1v) is 17.2. The third-order valence-electron chi connectivity index (χ3n) is 7.39. The molecule has 2 atom stereocenters. The summed E-state index contributed by atoms with van der Waals surface area (Å²) in [6.45, 7) is 8.90. The van der Waals surface area contributed by atoms with Gasteiger partial charge in [0.1, 0.15) is 23.2 Å². The number of ether oxygens (including phenoxy) is 2. The van der Waals surface area contributed by atoms with Crippen molar-refractivity contribution in [3.63, 3.8) is 0 Å². The van der Waals surface area contributed by atoms with Gasteiger partial charge in [0.25, 0.3) is 5.91 Å². The van der Waals surface area contributed by atoms with Gasteiger partial charge in [0.05, 0.1) is 19.5 Å². The fourth-order valence-electron chi connectivity index (χ4n) is 4.87. The molecule has 1 aromatic heterocycles. The molecule has 4 amide bonds. The number of imidazole rings is 1. The predicted octanol–water partition coefficient (Wildman–Crippen LogP) is 3.01. The molecule has 1 aliphatic heterocycles. The second kappa shape index (κ2) is 16.0. The average Bonchev–Trinajstić information content (AvgIpc) is 3.48. The Hall–Kier alpha value is -4.56. The van der Waals surface area contributed by atoms with Gasteiger partial charge in [-0.05, 0) is 45.7 Å². The molecule has 48 heavy (non-hydrogen) atoms. The van der Waals surface area contributed by atoms with E-state index in [9.17, 15) is 23.4 Å². The van der Waals surface area contributed by atoms with E-state index in [4.69, 9.17) is 9.47 Å². The Kier molecular flexibility index (Phi) is 12.1. The molecule has 0 radical (unpaired) electrons. The van der Waals surface area contributed by atoms with Crippen LogP contribution in [0.2, 0.25) is 0 Å². The quantitative estimate of drug-likeness (QED) is 0.263. The zero-order valence-corrected chi connectivity index (χ0v) is 28.7. The molecule has 3 aromatic rings. The predicted molar refractivity (Wildman–Crippen MR) is 181 cm³/mol. The van der Waals surface area contributed by atoms with Crippen molar-refractivity contribution in [3.8, 4) is 0 Å². The number of benzene rings is 2. The number of carbonyl (C=O) groups is 4. The maximum atomic E-state index is 13.7. The largest absolute Gasteiger partial charge is 0.444 e. The lowest BCUT2D eigenvalue weighted by atomic mass is 10.0. The topological polar surface area (TPSA) is 161 Å². The number of rotatable bonds is 12. The van der Waals surface area contributed by atoms with E-state index in [0.29, 0.717) is 24.6 Å². The maximum absolute atomic E-state index is 13.7. The molecule has 3 N–H and O–H groups in total. The molecule has 2 aromatic carbocycles. The minimum atomic E-state index is -1.44. The lowest BCUT2D eigenvalue weighted by molar-refractivity contribution is -0.133. The van der Waals surface area contributed by atoms with Crippen molar-refractivity contribution in [3.05, 3.63) is 84.3 Å². The van der Waals surface area contributed by atoms with E-state index in [-0.39, 0.29) is 24.9 Å². The number of amides is 4. The van der Waals surface area contributed by atoms with Crippen LogP contribution in [0.1, 0.15) is 51.8 Å². The van der Waals surface area contributed by atoms with Gasteiger partial charge in [-0.2, -0.15) is 0 Å². The smallest absolute Gasteiger partial charge is 0.408 e. The summed E-state index contributed by atoms with van der Waals surface area (Å²) in [4.78, 5) is 59.2. The van der Waals surface area contributed by atoms with Crippen molar-refractivity contribution in [1.29, 1.82) is 0 Å². The van der Waals surface area contributed by atoms with E-state index >= 15 is 0 Å². The van der Waals surface area contributed by atoms with Gasteiger partial charge in [0, 0.05) is 41.6 Å².